The van der Waals surface area contributed by atoms with Gasteiger partial charge in [0, 0.05) is 0 Å². The van der Waals surface area contributed by atoms with Crippen LogP contribution in [0.1, 0.15) is 0 Å². The molecule has 41 heavy (non-hydrogen) atoms. The zero-order valence-corrected chi connectivity index (χ0v) is 33.4. The molecule has 0 saturated carbocycles. The van der Waals surface area contributed by atoms with Crippen LogP contribution in [-0.4, -0.2) is 0 Å². The first-order valence-electron chi connectivity index (χ1n) is 5.33. The minimum absolute atomic E-state index is 0. The van der Waals surface area contributed by atoms with Gasteiger partial charge in [0.1, 0.15) is 0 Å². The van der Waals surface area contributed by atoms with Crippen LogP contribution in [-0.2, 0) is 188 Å². The van der Waals surface area contributed by atoms with E-state index in [0.29, 0.717) is 0 Å². The zero-order valence-electron chi connectivity index (χ0n) is 17.3. The molecule has 0 aromatic heterocycles. The van der Waals surface area contributed by atoms with E-state index in [-0.39, 0.29) is 6.15 Å². The first kappa shape index (κ1) is 65.3. The number of hydrogen-bond acceptors (Lipinski definition) is 32. The number of hydrogen-bond donors (Lipinski definition) is 1. The Bertz CT molecular complexity index is 1060. The minimum atomic E-state index is -6.02. The van der Waals surface area contributed by atoms with Gasteiger partial charge >= 0.3 is 248 Å². The van der Waals surface area contributed by atoms with Crippen LogP contribution in [0.25, 0.3) is 0 Å². The number of quaternary nitrogens is 1. The van der Waals surface area contributed by atoms with Crippen molar-refractivity contribution >= 4 is 0 Å². The van der Waals surface area contributed by atoms with Crippen molar-refractivity contribution in [3.8, 4) is 0 Å². The maximum atomic E-state index is 8.63. The van der Waals surface area contributed by atoms with Gasteiger partial charge in [-0.3, -0.25) is 0 Å². The topological polar surface area (TPSA) is 679 Å². The van der Waals surface area contributed by atoms with Crippen LogP contribution >= 0.6 is 0 Å². The molecule has 0 unspecified atom stereocenters. The van der Waals surface area contributed by atoms with Crippen LogP contribution in [0.3, 0.4) is 0 Å². The molecule has 0 saturated heterocycles. The van der Waals surface area contributed by atoms with Crippen molar-refractivity contribution in [3.63, 3.8) is 0 Å². The van der Waals surface area contributed by atoms with E-state index in [2.05, 4.69) is 0 Å². The molecule has 264 valence electrons. The van der Waals surface area contributed by atoms with Crippen LogP contribution in [0.4, 0.5) is 0 Å². The molecule has 0 spiro atoms. The van der Waals surface area contributed by atoms with Gasteiger partial charge in [-0.15, -0.1) is 0 Å². The second-order valence-corrected chi connectivity index (χ2v) is 19.3. The molecular formula is H4Mo8NO32-15. The standard InChI is InChI=1S/8Mo.H3N.32O/h;;;;;;;;1H3;;;;;;;;;;;;;;;;;;;;;;;;;;;;;;;;/q;;;;;;;;;;;;;;;;;;;;;;;;;16*-1/p+1. The van der Waals surface area contributed by atoms with E-state index in [1.807, 2.05) is 0 Å². The summed E-state index contributed by atoms with van der Waals surface area (Å²) in [6, 6.07) is 0. The van der Waals surface area contributed by atoms with Gasteiger partial charge in [0.05, 0.1) is 0 Å². The van der Waals surface area contributed by atoms with Crippen molar-refractivity contribution in [2.45, 2.75) is 0 Å². The van der Waals surface area contributed by atoms with Crippen molar-refractivity contribution in [2.24, 2.45) is 0 Å². The third-order valence-corrected chi connectivity index (χ3v) is 0. The summed E-state index contributed by atoms with van der Waals surface area (Å²) in [6.45, 7) is 0. The average molecular weight is 1300 g/mol. The first-order chi connectivity index (χ1) is 16.0. The summed E-state index contributed by atoms with van der Waals surface area (Å²) < 4.78 is 276. The van der Waals surface area contributed by atoms with Gasteiger partial charge in [0.25, 0.3) is 0 Å². The van der Waals surface area contributed by atoms with E-state index in [0.717, 1.165) is 0 Å². The van der Waals surface area contributed by atoms with Crippen molar-refractivity contribution in [2.75, 3.05) is 0 Å². The predicted molar refractivity (Wildman–Crippen MR) is 17.0 cm³/mol. The molecule has 4 N–H and O–H groups in total. The SMILES string of the molecule is [NH4+].[O]=[Mo](=[O])([O-])[O-].[O]=[Mo](=[O])([O-])[O-].[O]=[Mo](=[O])([O-])[O-].[O]=[Mo](=[O])([O-])[O-].[O]=[Mo](=[O])([O-])[O-].[O]=[Mo](=[O])([O-])[O-].[O]=[Mo](=[O])([O-])[O-].[O]=[Mo](=[O])([O-])[O-]. The van der Waals surface area contributed by atoms with Gasteiger partial charge < -0.3 is 6.15 Å². The Labute approximate surface area is 251 Å². The summed E-state index contributed by atoms with van der Waals surface area (Å²) in [5, 5.41) is 0. The van der Waals surface area contributed by atoms with Crippen LogP contribution in [0, 0.1) is 0 Å². The monoisotopic (exact) mass is 1310 g/mol. The Morgan fingerprint density at radius 2 is 0.171 bits per heavy atom. The van der Waals surface area contributed by atoms with E-state index >= 15 is 0 Å². The van der Waals surface area contributed by atoms with Crippen LogP contribution in [0.5, 0.6) is 0 Å². The fourth-order valence-electron chi connectivity index (χ4n) is 0. The Morgan fingerprint density at radius 3 is 0.171 bits per heavy atom. The van der Waals surface area contributed by atoms with Gasteiger partial charge in [-0.2, -0.15) is 0 Å². The molecule has 0 aromatic rings. The van der Waals surface area contributed by atoms with Crippen LogP contribution < -0.4 is 66.3 Å². The second-order valence-electron chi connectivity index (χ2n) is 3.27. The van der Waals surface area contributed by atoms with E-state index in [4.69, 9.17) is 115 Å². The predicted octanol–water partition coefficient (Wildman–Crippen LogP) is -20.6. The molecule has 0 aliphatic rings. The van der Waals surface area contributed by atoms with Gasteiger partial charge in [-0.25, -0.2) is 0 Å². The second kappa shape index (κ2) is 27.9. The summed E-state index contributed by atoms with van der Waals surface area (Å²) in [7, 11) is 0. The van der Waals surface area contributed by atoms with Crippen LogP contribution in [0.2, 0.25) is 0 Å². The normalized spacial score (nSPS) is 11.3. The Morgan fingerprint density at radius 1 is 0.171 bits per heavy atom. The van der Waals surface area contributed by atoms with Gasteiger partial charge in [0.2, 0.25) is 0 Å². The fourth-order valence-corrected chi connectivity index (χ4v) is 0. The van der Waals surface area contributed by atoms with E-state index in [1.165, 1.54) is 0 Å². The Hall–Kier alpha value is 1.63. The summed E-state index contributed by atoms with van der Waals surface area (Å²) in [5.74, 6) is 0. The molecule has 0 atom stereocenters. The molecule has 0 rings (SSSR count). The molecule has 0 bridgehead atoms. The van der Waals surface area contributed by atoms with Crippen molar-refractivity contribution in [1.82, 2.24) is 6.15 Å². The third-order valence-electron chi connectivity index (χ3n) is 0. The number of rotatable bonds is 0. The van der Waals surface area contributed by atoms with Gasteiger partial charge in [0.15, 0.2) is 0 Å². The molecule has 0 radical (unpaired) electrons. The molecular weight excluding hydrogens is 1290 g/mol. The zero-order chi connectivity index (χ0) is 36.0. The molecule has 41 heteroatoms. The average Bonchev–Trinajstić information content (AvgIpc) is 2.16. The Balaban J connectivity index is -0.0000000406. The van der Waals surface area contributed by atoms with E-state index in [1.54, 1.807) is 0 Å². The molecule has 0 heterocycles. The van der Waals surface area contributed by atoms with Gasteiger partial charge in [-0.05, 0) is 0 Å². The van der Waals surface area contributed by atoms with Crippen LogP contribution in [0.15, 0.2) is 0 Å². The summed E-state index contributed by atoms with van der Waals surface area (Å²) in [5.41, 5.74) is 0. The molecule has 33 nitrogen and oxygen atoms in total. The fraction of sp³-hybridized carbons (Fsp3) is 0. The van der Waals surface area contributed by atoms with E-state index < -0.39 is 134 Å². The van der Waals surface area contributed by atoms with E-state index in [9.17, 15) is 0 Å². The maximum absolute atomic E-state index is 8.63. The molecule has 0 amide bonds. The van der Waals surface area contributed by atoms with Crippen molar-refractivity contribution < 1.29 is 248 Å². The quantitative estimate of drug-likeness (QED) is 0.220. The van der Waals surface area contributed by atoms with Crippen molar-refractivity contribution in [1.29, 1.82) is 0 Å². The Kier molecular flexibility index (Phi) is 44.4. The van der Waals surface area contributed by atoms with Gasteiger partial charge in [-0.1, -0.05) is 0 Å². The molecule has 0 aliphatic carbocycles. The summed E-state index contributed by atoms with van der Waals surface area (Å²) >= 11 is -48.2. The molecule has 0 aromatic carbocycles. The third kappa shape index (κ3) is 24700. The first-order valence-corrected chi connectivity index (χ1v) is 31.6. The molecule has 0 fully saturated rings. The summed E-state index contributed by atoms with van der Waals surface area (Å²) in [6.07, 6.45) is 0. The summed E-state index contributed by atoms with van der Waals surface area (Å²) in [4.78, 5) is 0. The van der Waals surface area contributed by atoms with Crippen molar-refractivity contribution in [3.05, 3.63) is 0 Å². The molecule has 0 aliphatic heterocycles.